The zero-order valence-corrected chi connectivity index (χ0v) is 12.1. The van der Waals surface area contributed by atoms with Gasteiger partial charge in [0.15, 0.2) is 11.5 Å². The number of rotatable bonds is 4. The molecular formula is C10H14N6O5P+. The number of nitrogens with zero attached hydrogens (tertiary/aromatic N) is 4. The molecule has 1 fully saturated rings. The number of aliphatic hydroxyl groups excluding tert-OH is 1. The Kier molecular flexibility index (Phi) is 3.89. The van der Waals surface area contributed by atoms with E-state index in [-0.39, 0.29) is 24.8 Å². The molecule has 1 unspecified atom stereocenters. The molecule has 0 amide bonds. The van der Waals surface area contributed by atoms with Crippen molar-refractivity contribution in [1.29, 1.82) is 0 Å². The van der Waals surface area contributed by atoms with Crippen LogP contribution in [-0.4, -0.2) is 48.3 Å². The van der Waals surface area contributed by atoms with Gasteiger partial charge in [0.05, 0.1) is 12.9 Å². The zero-order valence-electron chi connectivity index (χ0n) is 11.2. The molecule has 0 radical (unpaired) electrons. The topological polar surface area (TPSA) is 172 Å². The van der Waals surface area contributed by atoms with Crippen molar-refractivity contribution < 1.29 is 23.8 Å². The Balaban J connectivity index is 1.93. The van der Waals surface area contributed by atoms with E-state index in [4.69, 9.17) is 25.6 Å². The number of fused-ring (bicyclic) bond motifs is 1. The number of aromatic nitrogens is 4. The summed E-state index contributed by atoms with van der Waals surface area (Å²) in [7, 11) is -2.80. The number of ether oxygens (including phenoxy) is 1. The van der Waals surface area contributed by atoms with E-state index in [2.05, 4.69) is 15.0 Å². The van der Waals surface area contributed by atoms with Crippen LogP contribution in [0.4, 0.5) is 11.8 Å². The summed E-state index contributed by atoms with van der Waals surface area (Å²) in [5.41, 5.74) is 12.1. The molecule has 4 atom stereocenters. The predicted octanol–water partition coefficient (Wildman–Crippen LogP) is -0.695. The molecule has 1 saturated heterocycles. The maximum absolute atomic E-state index is 10.8. The van der Waals surface area contributed by atoms with Crippen molar-refractivity contribution in [2.24, 2.45) is 0 Å². The molecule has 0 spiro atoms. The van der Waals surface area contributed by atoms with Crippen molar-refractivity contribution in [2.75, 3.05) is 18.1 Å². The van der Waals surface area contributed by atoms with Crippen molar-refractivity contribution in [2.45, 2.75) is 24.9 Å². The molecule has 1 aliphatic rings. The summed E-state index contributed by atoms with van der Waals surface area (Å²) in [6.07, 6.45) is -0.351. The normalized spacial score (nSPS) is 25.7. The summed E-state index contributed by atoms with van der Waals surface area (Å²) in [5, 5.41) is 9.29. The molecule has 22 heavy (non-hydrogen) atoms. The Labute approximate surface area is 124 Å². The van der Waals surface area contributed by atoms with Gasteiger partial charge < -0.3 is 21.3 Å². The minimum atomic E-state index is -2.80. The van der Waals surface area contributed by atoms with E-state index >= 15 is 0 Å². The van der Waals surface area contributed by atoms with Crippen molar-refractivity contribution in [1.82, 2.24) is 19.5 Å². The van der Waals surface area contributed by atoms with Gasteiger partial charge in [0.25, 0.3) is 0 Å². The van der Waals surface area contributed by atoms with Gasteiger partial charge >= 0.3 is 8.25 Å². The van der Waals surface area contributed by atoms with E-state index in [0.29, 0.717) is 11.2 Å². The van der Waals surface area contributed by atoms with Crippen LogP contribution in [-0.2, 0) is 13.8 Å². The number of hydrogen-bond acceptors (Lipinski definition) is 9. The van der Waals surface area contributed by atoms with Crippen LogP contribution in [0.2, 0.25) is 0 Å². The number of imidazole rings is 1. The highest BCUT2D eigenvalue weighted by atomic mass is 31.1. The van der Waals surface area contributed by atoms with Crippen LogP contribution in [0.3, 0.4) is 0 Å². The van der Waals surface area contributed by atoms with Crippen LogP contribution < -0.4 is 11.5 Å². The third kappa shape index (κ3) is 2.60. The number of hydrogen-bond donors (Lipinski definition) is 4. The van der Waals surface area contributed by atoms with Crippen LogP contribution in [0.1, 0.15) is 12.6 Å². The van der Waals surface area contributed by atoms with E-state index < -0.39 is 26.7 Å². The van der Waals surface area contributed by atoms with Crippen LogP contribution in [0.5, 0.6) is 0 Å². The van der Waals surface area contributed by atoms with E-state index in [9.17, 15) is 9.67 Å². The van der Waals surface area contributed by atoms with Crippen LogP contribution >= 0.6 is 8.25 Å². The highest BCUT2D eigenvalue weighted by Gasteiger charge is 2.42. The average molecular weight is 329 g/mol. The Hall–Kier alpha value is -1.91. The quantitative estimate of drug-likeness (QED) is 0.526. The first kappa shape index (κ1) is 15.0. The van der Waals surface area contributed by atoms with Crippen molar-refractivity contribution in [3.05, 3.63) is 6.33 Å². The van der Waals surface area contributed by atoms with Crippen molar-refractivity contribution in [3.8, 4) is 0 Å². The van der Waals surface area contributed by atoms with Crippen LogP contribution in [0.25, 0.3) is 11.2 Å². The lowest BCUT2D eigenvalue weighted by Gasteiger charge is -2.13. The Bertz CT molecular complexity index is 723. The van der Waals surface area contributed by atoms with E-state index in [1.807, 2.05) is 0 Å². The highest BCUT2D eigenvalue weighted by molar-refractivity contribution is 7.32. The second kappa shape index (κ2) is 5.71. The molecule has 1 aliphatic heterocycles. The molecule has 3 heterocycles. The third-order valence-corrected chi connectivity index (χ3v) is 3.81. The van der Waals surface area contributed by atoms with E-state index in [1.165, 1.54) is 6.33 Å². The molecule has 0 aliphatic carbocycles. The summed E-state index contributed by atoms with van der Waals surface area (Å²) in [6.45, 7) is -0.351. The Morgan fingerprint density at radius 3 is 2.95 bits per heavy atom. The minimum Gasteiger partial charge on any atom is -0.394 e. The lowest BCUT2D eigenvalue weighted by molar-refractivity contribution is -0.0394. The largest absolute Gasteiger partial charge is 0.695 e. The molecule has 0 bridgehead atoms. The molecular weight excluding hydrogens is 315 g/mol. The summed E-state index contributed by atoms with van der Waals surface area (Å²) in [4.78, 5) is 20.9. The van der Waals surface area contributed by atoms with E-state index in [1.54, 1.807) is 4.57 Å². The van der Waals surface area contributed by atoms with Crippen LogP contribution in [0, 0.1) is 0 Å². The molecule has 118 valence electrons. The number of nitrogen functional groups attached to an aromatic ring is 2. The Morgan fingerprint density at radius 2 is 2.27 bits per heavy atom. The number of anilines is 2. The lowest BCUT2D eigenvalue weighted by atomic mass is 10.2. The maximum Gasteiger partial charge on any atom is 0.695 e. The minimum absolute atomic E-state index is 0.00491. The maximum atomic E-state index is 10.8. The summed E-state index contributed by atoms with van der Waals surface area (Å²) >= 11 is 0. The standard InChI is InChI=1S/C10H13N6O5P/c11-8-7-9(15-10(12)14-8)16(3-13-7)6-1-4(21-22(18)19)5(2-17)20-6/h3-6,17H,1-2H2,(H4-,11,12,14,15,18,19)/p+1/t4-,5-,6-/m1/s1. The summed E-state index contributed by atoms with van der Waals surface area (Å²) in [5.74, 6) is 0.138. The first-order chi connectivity index (χ1) is 10.5. The first-order valence-electron chi connectivity index (χ1n) is 6.34. The molecule has 0 aromatic carbocycles. The SMILES string of the molecule is Nc1nc(N)c2ncn([C@H]3C[C@@H](O[P+](=O)O)[C@@H](CO)O3)c2n1. The van der Waals surface area contributed by atoms with Gasteiger partial charge in [0.2, 0.25) is 5.95 Å². The van der Waals surface area contributed by atoms with Crippen LogP contribution in [0.15, 0.2) is 6.33 Å². The zero-order chi connectivity index (χ0) is 15.9. The van der Waals surface area contributed by atoms with Gasteiger partial charge in [-0.3, -0.25) is 4.57 Å². The molecule has 12 heteroatoms. The van der Waals surface area contributed by atoms with Crippen molar-refractivity contribution in [3.63, 3.8) is 0 Å². The van der Waals surface area contributed by atoms with Crippen molar-refractivity contribution >= 4 is 31.2 Å². The van der Waals surface area contributed by atoms with Gasteiger partial charge in [-0.15, -0.1) is 9.42 Å². The molecule has 11 nitrogen and oxygen atoms in total. The monoisotopic (exact) mass is 329 g/mol. The number of aliphatic hydroxyl groups is 1. The van der Waals surface area contributed by atoms with Gasteiger partial charge in [-0.05, 0) is 0 Å². The fourth-order valence-corrected chi connectivity index (χ4v) is 2.88. The van der Waals surface area contributed by atoms with Gasteiger partial charge in [-0.2, -0.15) is 9.97 Å². The molecule has 6 N–H and O–H groups in total. The molecule has 3 rings (SSSR count). The third-order valence-electron chi connectivity index (χ3n) is 3.36. The molecule has 0 saturated carbocycles. The van der Waals surface area contributed by atoms with Gasteiger partial charge in [-0.25, -0.2) is 4.98 Å². The predicted molar refractivity (Wildman–Crippen MR) is 74.5 cm³/mol. The lowest BCUT2D eigenvalue weighted by Crippen LogP contribution is -2.25. The fourth-order valence-electron chi connectivity index (χ4n) is 2.43. The molecule has 2 aromatic rings. The average Bonchev–Trinajstić information content (AvgIpc) is 3.01. The van der Waals surface area contributed by atoms with Gasteiger partial charge in [0, 0.05) is 11.0 Å². The summed E-state index contributed by atoms with van der Waals surface area (Å²) in [6, 6.07) is 0. The second-order valence-electron chi connectivity index (χ2n) is 4.72. The highest BCUT2D eigenvalue weighted by Crippen LogP contribution is 2.36. The Morgan fingerprint density at radius 1 is 1.50 bits per heavy atom. The fraction of sp³-hybridized carbons (Fsp3) is 0.500. The van der Waals surface area contributed by atoms with Gasteiger partial charge in [0.1, 0.15) is 24.0 Å². The first-order valence-corrected chi connectivity index (χ1v) is 7.47. The summed E-state index contributed by atoms with van der Waals surface area (Å²) < 4.78 is 22.9. The van der Waals surface area contributed by atoms with Gasteiger partial charge in [-0.1, -0.05) is 0 Å². The van der Waals surface area contributed by atoms with E-state index in [0.717, 1.165) is 0 Å². The second-order valence-corrected chi connectivity index (χ2v) is 5.41. The molecule has 2 aromatic heterocycles. The smallest absolute Gasteiger partial charge is 0.394 e. The number of nitrogens with two attached hydrogens (primary N) is 2.